The van der Waals surface area contributed by atoms with E-state index in [1.807, 2.05) is 6.07 Å². The van der Waals surface area contributed by atoms with Crippen molar-refractivity contribution in [3.63, 3.8) is 0 Å². The highest BCUT2D eigenvalue weighted by molar-refractivity contribution is 7.14. The normalized spacial score (nSPS) is 17.5. The van der Waals surface area contributed by atoms with Gasteiger partial charge in [-0.15, -0.1) is 11.3 Å². The smallest absolute Gasteiger partial charge is 0.328 e. The van der Waals surface area contributed by atoms with Crippen LogP contribution in [0.2, 0.25) is 0 Å². The van der Waals surface area contributed by atoms with Crippen LogP contribution < -0.4 is 5.32 Å². The Morgan fingerprint density at radius 3 is 2.75 bits per heavy atom. The zero-order chi connectivity index (χ0) is 17.7. The summed E-state index contributed by atoms with van der Waals surface area (Å²) in [6.07, 6.45) is 3.31. The van der Waals surface area contributed by atoms with E-state index in [0.717, 1.165) is 19.3 Å². The van der Waals surface area contributed by atoms with Gasteiger partial charge in [0.05, 0.1) is 19.1 Å². The fourth-order valence-corrected chi connectivity index (χ4v) is 3.91. The maximum atomic E-state index is 12.5. The van der Waals surface area contributed by atoms with Gasteiger partial charge >= 0.3 is 11.9 Å². The van der Waals surface area contributed by atoms with E-state index in [1.165, 1.54) is 36.0 Å². The number of fused-ring (bicyclic) bond motifs is 1. The van der Waals surface area contributed by atoms with Crippen LogP contribution in [0.4, 0.5) is 0 Å². The second kappa shape index (κ2) is 8.28. The summed E-state index contributed by atoms with van der Waals surface area (Å²) in [6.45, 7) is 2.21. The summed E-state index contributed by atoms with van der Waals surface area (Å²) in [5.41, 5.74) is 1.23. The van der Waals surface area contributed by atoms with Crippen molar-refractivity contribution in [3.05, 3.63) is 21.4 Å². The second-order valence-corrected chi connectivity index (χ2v) is 7.21. The number of aryl methyl sites for hydroxylation is 1. The minimum absolute atomic E-state index is 0.0367. The van der Waals surface area contributed by atoms with Gasteiger partial charge in [-0.3, -0.25) is 9.59 Å². The molecule has 6 nitrogen and oxygen atoms in total. The molecule has 0 saturated heterocycles. The van der Waals surface area contributed by atoms with Gasteiger partial charge in [0.15, 0.2) is 0 Å². The summed E-state index contributed by atoms with van der Waals surface area (Å²) < 4.78 is 9.28. The SMILES string of the molecule is COC(=O)CC[C@H](NC(=O)c1cc2c(s1)CC[C@@H](C)C2)C(=O)OC. The molecule has 0 aliphatic heterocycles. The first-order chi connectivity index (χ1) is 11.4. The van der Waals surface area contributed by atoms with E-state index < -0.39 is 18.0 Å². The zero-order valence-electron chi connectivity index (χ0n) is 14.2. The number of rotatable bonds is 6. The number of hydrogen-bond acceptors (Lipinski definition) is 6. The van der Waals surface area contributed by atoms with Crippen molar-refractivity contribution in [3.8, 4) is 0 Å². The Labute approximate surface area is 145 Å². The lowest BCUT2D eigenvalue weighted by Crippen LogP contribution is -2.41. The number of hydrogen-bond donors (Lipinski definition) is 1. The first-order valence-corrected chi connectivity index (χ1v) is 8.83. The lowest BCUT2D eigenvalue weighted by atomic mass is 9.90. The van der Waals surface area contributed by atoms with Gasteiger partial charge in [-0.2, -0.15) is 0 Å². The third-order valence-corrected chi connectivity index (χ3v) is 5.44. The first kappa shape index (κ1) is 18.4. The molecule has 7 heteroatoms. The molecule has 1 aromatic heterocycles. The number of esters is 2. The molecule has 2 atom stereocenters. The summed E-state index contributed by atoms with van der Waals surface area (Å²) in [6, 6.07) is 1.05. The topological polar surface area (TPSA) is 81.7 Å². The summed E-state index contributed by atoms with van der Waals surface area (Å²) in [5.74, 6) is -0.672. The van der Waals surface area contributed by atoms with Crippen LogP contribution in [0.25, 0.3) is 0 Å². The van der Waals surface area contributed by atoms with Gasteiger partial charge in [-0.25, -0.2) is 4.79 Å². The molecule has 0 aromatic carbocycles. The molecule has 1 aliphatic carbocycles. The average molecular weight is 353 g/mol. The van der Waals surface area contributed by atoms with Gasteiger partial charge in [0, 0.05) is 11.3 Å². The van der Waals surface area contributed by atoms with E-state index in [1.54, 1.807) is 0 Å². The number of nitrogens with one attached hydrogen (secondary N) is 1. The van der Waals surface area contributed by atoms with E-state index in [4.69, 9.17) is 4.74 Å². The molecule has 0 saturated carbocycles. The van der Waals surface area contributed by atoms with Crippen molar-refractivity contribution >= 4 is 29.2 Å². The molecule has 1 aromatic rings. The molecule has 2 rings (SSSR count). The zero-order valence-corrected chi connectivity index (χ0v) is 15.0. The third-order valence-electron chi connectivity index (χ3n) is 4.21. The highest BCUT2D eigenvalue weighted by Gasteiger charge is 2.26. The molecule has 1 heterocycles. The second-order valence-electron chi connectivity index (χ2n) is 6.07. The van der Waals surface area contributed by atoms with Gasteiger partial charge in [-0.1, -0.05) is 6.92 Å². The van der Waals surface area contributed by atoms with Gasteiger partial charge in [0.2, 0.25) is 0 Å². The Bertz CT molecular complexity index is 624. The molecular weight excluding hydrogens is 330 g/mol. The van der Waals surface area contributed by atoms with E-state index in [0.29, 0.717) is 10.8 Å². The summed E-state index contributed by atoms with van der Waals surface area (Å²) >= 11 is 1.48. The lowest BCUT2D eigenvalue weighted by Gasteiger charge is -2.16. The van der Waals surface area contributed by atoms with Crippen molar-refractivity contribution < 1.29 is 23.9 Å². The Balaban J connectivity index is 2.04. The average Bonchev–Trinajstić information content (AvgIpc) is 3.00. The lowest BCUT2D eigenvalue weighted by molar-refractivity contribution is -0.144. The molecule has 1 amide bonds. The molecule has 132 valence electrons. The number of carbonyl (C=O) groups excluding carboxylic acids is 3. The molecule has 0 radical (unpaired) electrons. The highest BCUT2D eigenvalue weighted by Crippen LogP contribution is 2.32. The Morgan fingerprint density at radius 1 is 1.33 bits per heavy atom. The molecular formula is C17H23NO5S. The van der Waals surface area contributed by atoms with Gasteiger partial charge in [-0.05, 0) is 43.2 Å². The minimum atomic E-state index is -0.861. The van der Waals surface area contributed by atoms with Crippen molar-refractivity contribution in [1.29, 1.82) is 0 Å². The van der Waals surface area contributed by atoms with Crippen LogP contribution in [-0.4, -0.2) is 38.1 Å². The monoisotopic (exact) mass is 353 g/mol. The summed E-state index contributed by atoms with van der Waals surface area (Å²) in [4.78, 5) is 37.4. The standard InChI is InChI=1S/C17H23NO5S/c1-10-4-6-13-11(8-10)9-14(24-13)16(20)18-12(17(21)23-3)5-7-15(19)22-2/h9-10,12H,4-8H2,1-3H3,(H,18,20)/t10-,12+/m1/s1. The van der Waals surface area contributed by atoms with Crippen LogP contribution in [0.3, 0.4) is 0 Å². The minimum Gasteiger partial charge on any atom is -0.469 e. The fourth-order valence-electron chi connectivity index (χ4n) is 2.80. The third kappa shape index (κ3) is 4.56. The van der Waals surface area contributed by atoms with Crippen molar-refractivity contribution in [2.24, 2.45) is 5.92 Å². The molecule has 1 aliphatic rings. The van der Waals surface area contributed by atoms with E-state index >= 15 is 0 Å². The van der Waals surface area contributed by atoms with Crippen molar-refractivity contribution in [2.75, 3.05) is 14.2 Å². The predicted molar refractivity (Wildman–Crippen MR) is 90.0 cm³/mol. The number of ether oxygens (including phenoxy) is 2. The van der Waals surface area contributed by atoms with E-state index in [-0.39, 0.29) is 18.7 Å². The molecule has 0 bridgehead atoms. The van der Waals surface area contributed by atoms with Crippen LogP contribution in [0.1, 0.15) is 46.3 Å². The van der Waals surface area contributed by atoms with Crippen LogP contribution in [-0.2, 0) is 31.9 Å². The maximum Gasteiger partial charge on any atom is 0.328 e. The first-order valence-electron chi connectivity index (χ1n) is 8.01. The molecule has 1 N–H and O–H groups in total. The summed E-state index contributed by atoms with van der Waals surface area (Å²) in [5, 5.41) is 2.67. The molecule has 0 spiro atoms. The van der Waals surface area contributed by atoms with E-state index in [2.05, 4.69) is 17.0 Å². The highest BCUT2D eigenvalue weighted by atomic mass is 32.1. The number of methoxy groups -OCH3 is 2. The van der Waals surface area contributed by atoms with Crippen LogP contribution in [0.15, 0.2) is 6.07 Å². The molecule has 0 fully saturated rings. The number of thiophene rings is 1. The maximum absolute atomic E-state index is 12.5. The molecule has 24 heavy (non-hydrogen) atoms. The summed E-state index contributed by atoms with van der Waals surface area (Å²) in [7, 11) is 2.54. The van der Waals surface area contributed by atoms with Gasteiger partial charge in [0.1, 0.15) is 6.04 Å². The quantitative estimate of drug-likeness (QED) is 0.792. The Kier molecular flexibility index (Phi) is 6.36. The van der Waals surface area contributed by atoms with Crippen LogP contribution in [0, 0.1) is 5.92 Å². The van der Waals surface area contributed by atoms with Gasteiger partial charge in [0.25, 0.3) is 5.91 Å². The largest absolute Gasteiger partial charge is 0.469 e. The fraction of sp³-hybridized carbons (Fsp3) is 0.588. The van der Waals surface area contributed by atoms with E-state index in [9.17, 15) is 14.4 Å². The van der Waals surface area contributed by atoms with Gasteiger partial charge < -0.3 is 14.8 Å². The number of carbonyl (C=O) groups is 3. The Morgan fingerprint density at radius 2 is 2.08 bits per heavy atom. The number of amides is 1. The van der Waals surface area contributed by atoms with Crippen molar-refractivity contribution in [1.82, 2.24) is 5.32 Å². The molecule has 0 unspecified atom stereocenters. The Hall–Kier alpha value is -1.89. The van der Waals surface area contributed by atoms with Crippen molar-refractivity contribution in [2.45, 2.75) is 45.1 Å². The van der Waals surface area contributed by atoms with Crippen LogP contribution >= 0.6 is 11.3 Å². The van der Waals surface area contributed by atoms with Crippen LogP contribution in [0.5, 0.6) is 0 Å². The predicted octanol–water partition coefficient (Wildman–Crippen LogP) is 2.10.